The van der Waals surface area contributed by atoms with Gasteiger partial charge in [0.2, 0.25) is 0 Å². The first-order chi connectivity index (χ1) is 11.3. The average Bonchev–Trinajstić information content (AvgIpc) is 2.89. The molecule has 0 spiro atoms. The van der Waals surface area contributed by atoms with Gasteiger partial charge < -0.3 is 14.4 Å². The summed E-state index contributed by atoms with van der Waals surface area (Å²) >= 11 is 0. The van der Waals surface area contributed by atoms with Gasteiger partial charge in [0.05, 0.1) is 5.56 Å². The van der Waals surface area contributed by atoms with Gasteiger partial charge in [-0.3, -0.25) is 0 Å². The molecule has 1 aromatic rings. The summed E-state index contributed by atoms with van der Waals surface area (Å²) in [5.41, 5.74) is 4.60. The maximum Gasteiger partial charge on any atom is 0.410 e. The molecule has 2 heterocycles. The van der Waals surface area contributed by atoms with E-state index in [-0.39, 0.29) is 12.1 Å². The molecule has 0 radical (unpaired) electrons. The van der Waals surface area contributed by atoms with E-state index in [1.54, 1.807) is 4.90 Å². The van der Waals surface area contributed by atoms with Crippen LogP contribution in [0, 0.1) is 6.92 Å². The summed E-state index contributed by atoms with van der Waals surface area (Å²) in [6.45, 7) is 9.15. The van der Waals surface area contributed by atoms with Crippen molar-refractivity contribution in [1.29, 1.82) is 0 Å². The lowest BCUT2D eigenvalue weighted by Crippen LogP contribution is -2.39. The number of hydrogen-bond donors (Lipinski definition) is 0. The standard InChI is InChI=1S/C19H23NO4/c1-12-14(5-6-15-16(12)11-23-17(15)21)13-7-9-20(10-8-13)18(22)24-19(2,3)4/h5-7H,8-11H2,1-4H3. The van der Waals surface area contributed by atoms with Crippen molar-refractivity contribution in [1.82, 2.24) is 4.90 Å². The summed E-state index contributed by atoms with van der Waals surface area (Å²) in [5, 5.41) is 0. The van der Waals surface area contributed by atoms with Crippen LogP contribution in [0.4, 0.5) is 4.79 Å². The highest BCUT2D eigenvalue weighted by molar-refractivity contribution is 5.94. The molecular formula is C19H23NO4. The third-order valence-corrected chi connectivity index (χ3v) is 4.37. The minimum absolute atomic E-state index is 0.242. The van der Waals surface area contributed by atoms with Crippen LogP contribution >= 0.6 is 0 Å². The summed E-state index contributed by atoms with van der Waals surface area (Å²) in [5.74, 6) is -0.242. The number of hydrogen-bond acceptors (Lipinski definition) is 4. The molecule has 0 fully saturated rings. The number of fused-ring (bicyclic) bond motifs is 1. The van der Waals surface area contributed by atoms with Crippen molar-refractivity contribution in [2.75, 3.05) is 13.1 Å². The Hall–Kier alpha value is -2.30. The average molecular weight is 329 g/mol. The summed E-state index contributed by atoms with van der Waals surface area (Å²) in [7, 11) is 0. The van der Waals surface area contributed by atoms with Crippen molar-refractivity contribution >= 4 is 17.6 Å². The zero-order valence-electron chi connectivity index (χ0n) is 14.6. The van der Waals surface area contributed by atoms with Crippen molar-refractivity contribution in [3.05, 3.63) is 40.5 Å². The maximum atomic E-state index is 12.1. The topological polar surface area (TPSA) is 55.8 Å². The van der Waals surface area contributed by atoms with Gasteiger partial charge in [-0.2, -0.15) is 0 Å². The summed E-state index contributed by atoms with van der Waals surface area (Å²) < 4.78 is 10.5. The number of carbonyl (C=O) groups excluding carboxylic acids is 2. The molecule has 0 atom stereocenters. The number of carbonyl (C=O) groups is 2. The number of rotatable bonds is 1. The second kappa shape index (κ2) is 5.96. The lowest BCUT2D eigenvalue weighted by molar-refractivity contribution is 0.0270. The Morgan fingerprint density at radius 1 is 1.25 bits per heavy atom. The largest absolute Gasteiger partial charge is 0.457 e. The first-order valence-electron chi connectivity index (χ1n) is 8.23. The van der Waals surface area contributed by atoms with Crippen LogP contribution in [0.3, 0.4) is 0 Å². The Labute approximate surface area is 142 Å². The molecule has 0 unspecified atom stereocenters. The number of benzene rings is 1. The normalized spacial score (nSPS) is 17.2. The van der Waals surface area contributed by atoms with Crippen LogP contribution in [0.2, 0.25) is 0 Å². The van der Waals surface area contributed by atoms with Gasteiger partial charge >= 0.3 is 12.1 Å². The second-order valence-corrected chi connectivity index (χ2v) is 7.25. The van der Waals surface area contributed by atoms with Crippen molar-refractivity contribution in [3.63, 3.8) is 0 Å². The van der Waals surface area contributed by atoms with Crippen molar-refractivity contribution in [3.8, 4) is 0 Å². The third-order valence-electron chi connectivity index (χ3n) is 4.37. The van der Waals surface area contributed by atoms with Crippen molar-refractivity contribution < 1.29 is 19.1 Å². The van der Waals surface area contributed by atoms with Gasteiger partial charge in [-0.25, -0.2) is 9.59 Å². The van der Waals surface area contributed by atoms with Crippen LogP contribution < -0.4 is 0 Å². The molecule has 0 bridgehead atoms. The minimum Gasteiger partial charge on any atom is -0.457 e. The van der Waals surface area contributed by atoms with Crippen LogP contribution in [0.5, 0.6) is 0 Å². The molecule has 0 N–H and O–H groups in total. The fourth-order valence-corrected chi connectivity index (χ4v) is 3.10. The smallest absolute Gasteiger partial charge is 0.410 e. The lowest BCUT2D eigenvalue weighted by atomic mass is 9.91. The molecule has 0 aliphatic carbocycles. The molecule has 5 nitrogen and oxygen atoms in total. The molecule has 2 aliphatic rings. The van der Waals surface area contributed by atoms with Crippen molar-refractivity contribution in [2.24, 2.45) is 0 Å². The van der Waals surface area contributed by atoms with Gasteiger partial charge in [0.1, 0.15) is 12.2 Å². The summed E-state index contributed by atoms with van der Waals surface area (Å²) in [6, 6.07) is 3.82. The van der Waals surface area contributed by atoms with Crippen LogP contribution in [-0.2, 0) is 16.1 Å². The SMILES string of the molecule is Cc1c(C2=CCN(C(=O)OC(C)(C)C)CC2)ccc2c1COC2=O. The zero-order valence-corrected chi connectivity index (χ0v) is 14.6. The molecule has 1 amide bonds. The van der Waals surface area contributed by atoms with E-state index in [0.29, 0.717) is 25.3 Å². The third kappa shape index (κ3) is 3.16. The fourth-order valence-electron chi connectivity index (χ4n) is 3.10. The number of esters is 1. The van der Waals surface area contributed by atoms with Gasteiger partial charge in [0, 0.05) is 18.7 Å². The first-order valence-corrected chi connectivity index (χ1v) is 8.23. The fraction of sp³-hybridized carbons (Fsp3) is 0.474. The lowest BCUT2D eigenvalue weighted by Gasteiger charge is -2.30. The van der Waals surface area contributed by atoms with Gasteiger partial charge in [-0.1, -0.05) is 12.1 Å². The Kier molecular flexibility index (Phi) is 4.11. The summed E-state index contributed by atoms with van der Waals surface area (Å²) in [6.07, 6.45) is 2.57. The van der Waals surface area contributed by atoms with Crippen molar-refractivity contribution in [2.45, 2.75) is 46.3 Å². The van der Waals surface area contributed by atoms with Gasteiger partial charge in [0.25, 0.3) is 0 Å². The molecule has 2 aliphatic heterocycles. The quantitative estimate of drug-likeness (QED) is 0.737. The highest BCUT2D eigenvalue weighted by atomic mass is 16.6. The molecule has 5 heteroatoms. The van der Waals surface area contributed by atoms with Crippen LogP contribution in [0.25, 0.3) is 5.57 Å². The molecule has 1 aromatic carbocycles. The van der Waals surface area contributed by atoms with E-state index in [2.05, 4.69) is 6.08 Å². The van der Waals surface area contributed by atoms with E-state index < -0.39 is 5.60 Å². The first kappa shape index (κ1) is 16.6. The molecule has 128 valence electrons. The highest BCUT2D eigenvalue weighted by Crippen LogP contribution is 2.32. The van der Waals surface area contributed by atoms with Gasteiger partial charge in [0.15, 0.2) is 0 Å². The Morgan fingerprint density at radius 2 is 1.96 bits per heavy atom. The minimum atomic E-state index is -0.482. The molecule has 0 aromatic heterocycles. The summed E-state index contributed by atoms with van der Waals surface area (Å²) in [4.78, 5) is 25.5. The van der Waals surface area contributed by atoms with Gasteiger partial charge in [-0.15, -0.1) is 0 Å². The Balaban J connectivity index is 1.77. The monoisotopic (exact) mass is 329 g/mol. The molecule has 24 heavy (non-hydrogen) atoms. The Morgan fingerprint density at radius 3 is 2.58 bits per heavy atom. The second-order valence-electron chi connectivity index (χ2n) is 7.25. The molecule has 0 saturated carbocycles. The number of amides is 1. The van der Waals surface area contributed by atoms with E-state index in [1.165, 1.54) is 5.57 Å². The highest BCUT2D eigenvalue weighted by Gasteiger charge is 2.27. The van der Waals surface area contributed by atoms with E-state index in [4.69, 9.17) is 9.47 Å². The van der Waals surface area contributed by atoms with Crippen LogP contribution in [-0.4, -0.2) is 35.7 Å². The molecule has 3 rings (SSSR count). The maximum absolute atomic E-state index is 12.1. The van der Waals surface area contributed by atoms with Crippen LogP contribution in [0.15, 0.2) is 18.2 Å². The molecule has 0 saturated heterocycles. The number of nitrogens with zero attached hydrogens (tertiary/aromatic N) is 1. The van der Waals surface area contributed by atoms with E-state index in [9.17, 15) is 9.59 Å². The number of cyclic esters (lactones) is 1. The predicted molar refractivity (Wildman–Crippen MR) is 90.7 cm³/mol. The number of ether oxygens (including phenoxy) is 2. The van der Waals surface area contributed by atoms with Gasteiger partial charge in [-0.05, 0) is 56.9 Å². The molecular weight excluding hydrogens is 306 g/mol. The zero-order chi connectivity index (χ0) is 17.5. The van der Waals surface area contributed by atoms with E-state index in [0.717, 1.165) is 23.1 Å². The Bertz CT molecular complexity index is 728. The van der Waals surface area contributed by atoms with Crippen LogP contribution in [0.1, 0.15) is 54.2 Å². The van der Waals surface area contributed by atoms with E-state index >= 15 is 0 Å². The predicted octanol–water partition coefficient (Wildman–Crippen LogP) is 3.69. The van der Waals surface area contributed by atoms with E-state index in [1.807, 2.05) is 39.8 Å².